The molecule has 0 aromatic rings. The Morgan fingerprint density at radius 1 is 1.50 bits per heavy atom. The first kappa shape index (κ1) is 11.4. The van der Waals surface area contributed by atoms with Gasteiger partial charge in [-0.2, -0.15) is 0 Å². The minimum atomic E-state index is -0.563. The van der Waals surface area contributed by atoms with E-state index in [9.17, 15) is 4.79 Å². The largest absolute Gasteiger partial charge is 0.462 e. The number of methoxy groups -OCH3 is 1. The monoisotopic (exact) mass is 175 g/mol. The standard InChI is InChI=1S/C8H17NO3/c1-6(2)12-8(10)7(9)4-5-11-3/h6-7H,4-5,9H2,1-3H3. The summed E-state index contributed by atoms with van der Waals surface area (Å²) in [6, 6.07) is -0.563. The second kappa shape index (κ2) is 5.97. The Labute approximate surface area is 73.0 Å². The van der Waals surface area contributed by atoms with Crippen LogP contribution in [0.3, 0.4) is 0 Å². The van der Waals surface area contributed by atoms with Crippen molar-refractivity contribution in [3.8, 4) is 0 Å². The third-order valence-corrected chi connectivity index (χ3v) is 1.29. The van der Waals surface area contributed by atoms with E-state index in [1.165, 1.54) is 0 Å². The second-order valence-electron chi connectivity index (χ2n) is 2.87. The van der Waals surface area contributed by atoms with E-state index in [1.54, 1.807) is 21.0 Å². The maximum Gasteiger partial charge on any atom is 0.323 e. The normalized spacial score (nSPS) is 13.1. The molecule has 2 N–H and O–H groups in total. The van der Waals surface area contributed by atoms with Gasteiger partial charge in [0.1, 0.15) is 6.04 Å². The van der Waals surface area contributed by atoms with Crippen LogP contribution in [-0.2, 0) is 14.3 Å². The maximum atomic E-state index is 11.1. The molecule has 0 aliphatic heterocycles. The first-order valence-corrected chi connectivity index (χ1v) is 4.03. The minimum absolute atomic E-state index is 0.105. The zero-order valence-electron chi connectivity index (χ0n) is 7.87. The topological polar surface area (TPSA) is 61.5 Å². The summed E-state index contributed by atoms with van der Waals surface area (Å²) in [4.78, 5) is 11.1. The summed E-state index contributed by atoms with van der Waals surface area (Å²) in [6.45, 7) is 4.07. The SMILES string of the molecule is COCCC(N)C(=O)OC(C)C. The molecule has 0 radical (unpaired) electrons. The van der Waals surface area contributed by atoms with Crippen molar-refractivity contribution in [2.24, 2.45) is 5.73 Å². The molecule has 0 spiro atoms. The van der Waals surface area contributed by atoms with Crippen LogP contribution in [0.2, 0.25) is 0 Å². The van der Waals surface area contributed by atoms with Crippen LogP contribution in [0.1, 0.15) is 20.3 Å². The number of hydrogen-bond donors (Lipinski definition) is 1. The lowest BCUT2D eigenvalue weighted by molar-refractivity contribution is -0.149. The van der Waals surface area contributed by atoms with Gasteiger partial charge in [0.15, 0.2) is 0 Å². The molecule has 0 saturated heterocycles. The van der Waals surface area contributed by atoms with Crippen molar-refractivity contribution in [1.82, 2.24) is 0 Å². The molecular weight excluding hydrogens is 158 g/mol. The summed E-state index contributed by atoms with van der Waals surface area (Å²) < 4.78 is 9.67. The van der Waals surface area contributed by atoms with E-state index in [-0.39, 0.29) is 12.1 Å². The second-order valence-corrected chi connectivity index (χ2v) is 2.87. The van der Waals surface area contributed by atoms with Gasteiger partial charge in [-0.15, -0.1) is 0 Å². The number of hydrogen-bond acceptors (Lipinski definition) is 4. The number of nitrogens with two attached hydrogens (primary N) is 1. The highest BCUT2D eigenvalue weighted by Crippen LogP contribution is 1.96. The van der Waals surface area contributed by atoms with Gasteiger partial charge >= 0.3 is 5.97 Å². The van der Waals surface area contributed by atoms with Gasteiger partial charge in [-0.25, -0.2) is 0 Å². The van der Waals surface area contributed by atoms with Crippen molar-refractivity contribution in [3.05, 3.63) is 0 Å². The number of esters is 1. The van der Waals surface area contributed by atoms with Crippen LogP contribution in [0.25, 0.3) is 0 Å². The summed E-state index contributed by atoms with van der Waals surface area (Å²) in [5.41, 5.74) is 5.50. The van der Waals surface area contributed by atoms with Crippen LogP contribution in [0, 0.1) is 0 Å². The number of carbonyl (C=O) groups is 1. The fourth-order valence-corrected chi connectivity index (χ4v) is 0.682. The molecule has 0 aliphatic carbocycles. The van der Waals surface area contributed by atoms with Crippen LogP contribution in [0.15, 0.2) is 0 Å². The number of rotatable bonds is 5. The van der Waals surface area contributed by atoms with Gasteiger partial charge in [0, 0.05) is 13.7 Å². The Kier molecular flexibility index (Phi) is 5.66. The van der Waals surface area contributed by atoms with E-state index < -0.39 is 6.04 Å². The first-order valence-electron chi connectivity index (χ1n) is 4.03. The average molecular weight is 175 g/mol. The lowest BCUT2D eigenvalue weighted by atomic mass is 10.2. The minimum Gasteiger partial charge on any atom is -0.462 e. The van der Waals surface area contributed by atoms with Gasteiger partial charge in [-0.05, 0) is 20.3 Å². The molecule has 1 unspecified atom stereocenters. The van der Waals surface area contributed by atoms with Crippen molar-refractivity contribution >= 4 is 5.97 Å². The van der Waals surface area contributed by atoms with Crippen molar-refractivity contribution in [1.29, 1.82) is 0 Å². The molecule has 0 heterocycles. The maximum absolute atomic E-state index is 11.1. The van der Waals surface area contributed by atoms with Crippen molar-refractivity contribution in [2.75, 3.05) is 13.7 Å². The molecular formula is C8H17NO3. The molecule has 72 valence electrons. The van der Waals surface area contributed by atoms with E-state index in [4.69, 9.17) is 15.2 Å². The number of ether oxygens (including phenoxy) is 2. The van der Waals surface area contributed by atoms with E-state index in [0.29, 0.717) is 13.0 Å². The van der Waals surface area contributed by atoms with E-state index in [0.717, 1.165) is 0 Å². The van der Waals surface area contributed by atoms with Crippen molar-refractivity contribution < 1.29 is 14.3 Å². The van der Waals surface area contributed by atoms with Gasteiger partial charge < -0.3 is 15.2 Å². The van der Waals surface area contributed by atoms with Crippen LogP contribution < -0.4 is 5.73 Å². The molecule has 4 nitrogen and oxygen atoms in total. The molecule has 0 bridgehead atoms. The highest BCUT2D eigenvalue weighted by atomic mass is 16.5. The quantitative estimate of drug-likeness (QED) is 0.610. The Morgan fingerprint density at radius 2 is 2.08 bits per heavy atom. The highest BCUT2D eigenvalue weighted by Gasteiger charge is 2.15. The number of carbonyl (C=O) groups excluding carboxylic acids is 1. The molecule has 0 aromatic heterocycles. The zero-order chi connectivity index (χ0) is 9.56. The van der Waals surface area contributed by atoms with Gasteiger partial charge in [0.25, 0.3) is 0 Å². The Morgan fingerprint density at radius 3 is 2.50 bits per heavy atom. The van der Waals surface area contributed by atoms with Crippen molar-refractivity contribution in [3.63, 3.8) is 0 Å². The van der Waals surface area contributed by atoms with Gasteiger partial charge in [-0.3, -0.25) is 4.79 Å². The molecule has 0 amide bonds. The summed E-state index contributed by atoms with van der Waals surface area (Å²) in [6.07, 6.45) is 0.397. The van der Waals surface area contributed by atoms with Crippen LogP contribution in [0.4, 0.5) is 0 Å². The average Bonchev–Trinajstić information content (AvgIpc) is 1.98. The van der Waals surface area contributed by atoms with Crippen LogP contribution >= 0.6 is 0 Å². The fraction of sp³-hybridized carbons (Fsp3) is 0.875. The van der Waals surface area contributed by atoms with Crippen LogP contribution in [0.5, 0.6) is 0 Å². The third-order valence-electron chi connectivity index (χ3n) is 1.29. The van der Waals surface area contributed by atoms with E-state index in [1.807, 2.05) is 0 Å². The Bertz CT molecular complexity index is 136. The van der Waals surface area contributed by atoms with Crippen LogP contribution in [-0.4, -0.2) is 31.8 Å². The van der Waals surface area contributed by atoms with Gasteiger partial charge in [-0.1, -0.05) is 0 Å². The molecule has 0 rings (SSSR count). The molecule has 1 atom stereocenters. The lowest BCUT2D eigenvalue weighted by Gasteiger charge is -2.12. The smallest absolute Gasteiger partial charge is 0.323 e. The summed E-state index contributed by atoms with van der Waals surface area (Å²) in [7, 11) is 1.57. The summed E-state index contributed by atoms with van der Waals surface area (Å²) in [5.74, 6) is -0.359. The highest BCUT2D eigenvalue weighted by molar-refractivity contribution is 5.75. The van der Waals surface area contributed by atoms with Crippen molar-refractivity contribution in [2.45, 2.75) is 32.4 Å². The van der Waals surface area contributed by atoms with E-state index >= 15 is 0 Å². The van der Waals surface area contributed by atoms with Gasteiger partial charge in [0.2, 0.25) is 0 Å². The third kappa shape index (κ3) is 5.09. The fourth-order valence-electron chi connectivity index (χ4n) is 0.682. The molecule has 0 fully saturated rings. The Hall–Kier alpha value is -0.610. The molecule has 0 saturated carbocycles. The predicted molar refractivity (Wildman–Crippen MR) is 45.7 cm³/mol. The predicted octanol–water partition coefficient (Wildman–Crippen LogP) is 0.302. The molecule has 0 aliphatic rings. The molecule has 12 heavy (non-hydrogen) atoms. The molecule has 4 heteroatoms. The lowest BCUT2D eigenvalue weighted by Crippen LogP contribution is -2.34. The molecule has 0 aromatic carbocycles. The van der Waals surface area contributed by atoms with E-state index in [2.05, 4.69) is 0 Å². The summed E-state index contributed by atoms with van der Waals surface area (Å²) in [5, 5.41) is 0. The first-order chi connectivity index (χ1) is 5.57. The Balaban J connectivity index is 3.61. The van der Waals surface area contributed by atoms with Gasteiger partial charge in [0.05, 0.1) is 6.10 Å². The summed E-state index contributed by atoms with van der Waals surface area (Å²) >= 11 is 0. The zero-order valence-corrected chi connectivity index (χ0v) is 7.87.